The van der Waals surface area contributed by atoms with Crippen LogP contribution in [-0.4, -0.2) is 26.0 Å². The molecular formula is C21H35ClSiSn. The predicted molar refractivity (Wildman–Crippen MR) is 113 cm³/mol. The molecule has 0 saturated heterocycles. The molecule has 0 aliphatic heterocycles. The van der Waals surface area contributed by atoms with Gasteiger partial charge in [0.1, 0.15) is 0 Å². The van der Waals surface area contributed by atoms with Crippen LogP contribution in [0, 0.1) is 0 Å². The molecule has 24 heavy (non-hydrogen) atoms. The third-order valence-corrected chi connectivity index (χ3v) is 39.1. The summed E-state index contributed by atoms with van der Waals surface area (Å²) in [6, 6.07) is 11.5. The summed E-state index contributed by atoms with van der Waals surface area (Å²) in [5.74, 6) is 0. The van der Waals surface area contributed by atoms with Crippen LogP contribution in [0.25, 0.3) is 0 Å². The molecule has 2 fully saturated rings. The van der Waals surface area contributed by atoms with Crippen LogP contribution >= 0.6 is 8.92 Å². The van der Waals surface area contributed by atoms with Crippen LogP contribution in [0.4, 0.5) is 0 Å². The topological polar surface area (TPSA) is 0 Å². The summed E-state index contributed by atoms with van der Waals surface area (Å²) in [4.78, 5) is 0. The van der Waals surface area contributed by atoms with Crippen molar-refractivity contribution in [2.24, 2.45) is 0 Å². The van der Waals surface area contributed by atoms with Gasteiger partial charge in [-0.15, -0.1) is 0 Å². The molecular weight excluding hydrogens is 434 g/mol. The van der Waals surface area contributed by atoms with E-state index in [2.05, 4.69) is 43.4 Å². The van der Waals surface area contributed by atoms with E-state index >= 15 is 0 Å². The SMILES string of the molecule is C[SiH](C)[CH](c1ccccc1)[Sn]([Cl])([CH]1CCCCC1)[CH]1CCCCC1. The zero-order chi connectivity index (χ0) is 17.0. The molecule has 1 unspecified atom stereocenters. The van der Waals surface area contributed by atoms with Crippen molar-refractivity contribution in [3.8, 4) is 0 Å². The van der Waals surface area contributed by atoms with Crippen LogP contribution in [0.15, 0.2) is 30.3 Å². The van der Waals surface area contributed by atoms with Gasteiger partial charge in [-0.05, 0) is 0 Å². The van der Waals surface area contributed by atoms with Crippen LogP contribution in [0.2, 0.25) is 21.0 Å². The fourth-order valence-corrected chi connectivity index (χ4v) is 43.2. The molecule has 3 rings (SSSR count). The predicted octanol–water partition coefficient (Wildman–Crippen LogP) is 7.19. The fourth-order valence-electron chi connectivity index (χ4n) is 5.74. The molecule has 134 valence electrons. The quantitative estimate of drug-likeness (QED) is 0.400. The van der Waals surface area contributed by atoms with Crippen LogP contribution in [0.5, 0.6) is 0 Å². The molecule has 0 aromatic heterocycles. The Kier molecular flexibility index (Phi) is 7.19. The Bertz CT molecular complexity index is 474. The molecule has 3 heteroatoms. The molecule has 0 heterocycles. The first kappa shape index (κ1) is 19.3. The van der Waals surface area contributed by atoms with Crippen molar-refractivity contribution in [2.45, 2.75) is 88.7 Å². The molecule has 0 radical (unpaired) electrons. The van der Waals surface area contributed by atoms with Crippen LogP contribution in [0.1, 0.15) is 73.3 Å². The molecule has 0 spiro atoms. The maximum atomic E-state index is 8.04. The number of rotatable bonds is 5. The van der Waals surface area contributed by atoms with Crippen LogP contribution in [-0.2, 0) is 0 Å². The molecule has 1 aromatic rings. The van der Waals surface area contributed by atoms with Gasteiger partial charge in [0.2, 0.25) is 0 Å². The second-order valence-corrected chi connectivity index (χ2v) is 29.2. The molecule has 1 aromatic carbocycles. The summed E-state index contributed by atoms with van der Waals surface area (Å²) >= 11 is -2.80. The number of hydrogen-bond donors (Lipinski definition) is 0. The van der Waals surface area contributed by atoms with Gasteiger partial charge < -0.3 is 0 Å². The first-order valence-electron chi connectivity index (χ1n) is 10.4. The first-order chi connectivity index (χ1) is 11.6. The van der Waals surface area contributed by atoms with Gasteiger partial charge in [-0.2, -0.15) is 0 Å². The van der Waals surface area contributed by atoms with Gasteiger partial charge >= 0.3 is 160 Å². The molecule has 0 bridgehead atoms. The Hall–Kier alpha value is 0.526. The first-order valence-corrected chi connectivity index (χ1v) is 21.9. The van der Waals surface area contributed by atoms with E-state index in [0.717, 1.165) is 11.4 Å². The van der Waals surface area contributed by atoms with Gasteiger partial charge in [0.25, 0.3) is 0 Å². The Morgan fingerprint density at radius 2 is 1.29 bits per heavy atom. The van der Waals surface area contributed by atoms with Gasteiger partial charge in [-0.1, -0.05) is 0 Å². The van der Waals surface area contributed by atoms with E-state index in [1.54, 1.807) is 5.56 Å². The van der Waals surface area contributed by atoms with E-state index in [0.29, 0.717) is 0 Å². The third-order valence-electron chi connectivity index (χ3n) is 6.76. The summed E-state index contributed by atoms with van der Waals surface area (Å²) in [6.07, 6.45) is 14.5. The van der Waals surface area contributed by atoms with E-state index in [1.165, 1.54) is 64.2 Å². The third kappa shape index (κ3) is 4.09. The van der Waals surface area contributed by atoms with Crippen molar-refractivity contribution in [3.63, 3.8) is 0 Å². The van der Waals surface area contributed by atoms with Crippen molar-refractivity contribution in [2.75, 3.05) is 0 Å². The number of hydrogen-bond acceptors (Lipinski definition) is 0. The summed E-state index contributed by atoms with van der Waals surface area (Å²) in [6.45, 7) is 5.16. The summed E-state index contributed by atoms with van der Waals surface area (Å²) in [7, 11) is 7.22. The molecule has 0 N–H and O–H groups in total. The van der Waals surface area contributed by atoms with E-state index in [4.69, 9.17) is 8.92 Å². The van der Waals surface area contributed by atoms with E-state index in [-0.39, 0.29) is 0 Å². The average molecular weight is 470 g/mol. The van der Waals surface area contributed by atoms with Crippen molar-refractivity contribution < 1.29 is 0 Å². The van der Waals surface area contributed by atoms with Gasteiger partial charge in [0, 0.05) is 0 Å². The second-order valence-electron chi connectivity index (χ2n) is 8.63. The average Bonchev–Trinajstić information content (AvgIpc) is 2.64. The molecule has 2 saturated carbocycles. The Labute approximate surface area is 159 Å². The minimum absolute atomic E-state index is 0.818. The van der Waals surface area contributed by atoms with Gasteiger partial charge in [0.05, 0.1) is 0 Å². The van der Waals surface area contributed by atoms with Gasteiger partial charge in [-0.25, -0.2) is 0 Å². The van der Waals surface area contributed by atoms with E-state index < -0.39 is 26.0 Å². The zero-order valence-electron chi connectivity index (χ0n) is 15.6. The number of halogens is 1. The van der Waals surface area contributed by atoms with Crippen molar-refractivity contribution in [1.29, 1.82) is 0 Å². The fraction of sp³-hybridized carbons (Fsp3) is 0.714. The van der Waals surface area contributed by atoms with Crippen LogP contribution in [0.3, 0.4) is 0 Å². The molecule has 2 aliphatic rings. The molecule has 1 atom stereocenters. The Morgan fingerprint density at radius 3 is 1.71 bits per heavy atom. The summed E-state index contributed by atoms with van der Waals surface area (Å²) < 4.78 is 2.71. The standard InChI is InChI=1S/C9H13Si.2C6H11.ClH.Sn/c1-10(2)8-9-6-4-3-5-7-9;2*1-2-4-6-5-3-1;;/h3-8,10H,1-2H3;2*1H,2-6H2;1H;/q;;;;+1/p-1. The van der Waals surface area contributed by atoms with Crippen LogP contribution < -0.4 is 0 Å². The monoisotopic (exact) mass is 470 g/mol. The minimum atomic E-state index is -2.80. The van der Waals surface area contributed by atoms with Gasteiger partial charge in [0.15, 0.2) is 0 Å². The normalized spacial score (nSPS) is 22.7. The van der Waals surface area contributed by atoms with E-state index in [9.17, 15) is 0 Å². The summed E-state index contributed by atoms with van der Waals surface area (Å²) in [5.41, 5.74) is 1.63. The Balaban J connectivity index is 2.00. The zero-order valence-corrected chi connectivity index (χ0v) is 20.4. The van der Waals surface area contributed by atoms with Crippen molar-refractivity contribution in [3.05, 3.63) is 35.9 Å². The Morgan fingerprint density at radius 1 is 0.833 bits per heavy atom. The summed E-state index contributed by atoms with van der Waals surface area (Å²) in [5, 5.41) is 0. The van der Waals surface area contributed by atoms with Gasteiger partial charge in [-0.3, -0.25) is 0 Å². The van der Waals surface area contributed by atoms with Crippen molar-refractivity contribution >= 4 is 35.0 Å². The molecule has 0 nitrogen and oxygen atoms in total. The molecule has 0 amide bonds. The molecule has 2 aliphatic carbocycles. The second kappa shape index (κ2) is 8.95. The number of benzene rings is 1. The van der Waals surface area contributed by atoms with Crippen molar-refractivity contribution in [1.82, 2.24) is 0 Å². The maximum absolute atomic E-state index is 8.04. The van der Waals surface area contributed by atoms with E-state index in [1.807, 2.05) is 0 Å².